The molecular weight excluding hydrogens is 626 g/mol. The molecule has 6 rings (SSSR count). The van der Waals surface area contributed by atoms with Gasteiger partial charge in [0, 0.05) is 57.2 Å². The van der Waals surface area contributed by atoms with Crippen LogP contribution in [0.5, 0.6) is 11.6 Å². The Morgan fingerprint density at radius 3 is 2.49 bits per heavy atom. The van der Waals surface area contributed by atoms with Crippen LogP contribution in [0.3, 0.4) is 0 Å². The molecule has 260 valence electrons. The zero-order valence-electron chi connectivity index (χ0n) is 28.6. The predicted molar refractivity (Wildman–Crippen MR) is 180 cm³/mol. The van der Waals surface area contributed by atoms with Gasteiger partial charge >= 0.3 is 0 Å². The van der Waals surface area contributed by atoms with Gasteiger partial charge in [-0.05, 0) is 74.6 Å². The lowest BCUT2D eigenvalue weighted by Gasteiger charge is -2.42. The van der Waals surface area contributed by atoms with E-state index in [2.05, 4.69) is 55.6 Å². The summed E-state index contributed by atoms with van der Waals surface area (Å²) in [5.74, 6) is 1.41. The SMILES string of the molecule is COCCCOc1nn(C2CCC(N3C[C@@H](C)O[C@@H](C)C3)CC2)cc1Nc1ncc(-c2ccc(C#N)c(OC(C)Cn3cnnn3)c2)cn1. The number of methoxy groups -OCH3 is 1. The van der Waals surface area contributed by atoms with Crippen LogP contribution in [0.1, 0.15) is 64.5 Å². The number of nitrogens with one attached hydrogen (secondary N) is 1. The maximum Gasteiger partial charge on any atom is 0.256 e. The zero-order chi connectivity index (χ0) is 34.2. The molecule has 0 bridgehead atoms. The third-order valence-electron chi connectivity index (χ3n) is 8.93. The summed E-state index contributed by atoms with van der Waals surface area (Å²) < 4.78 is 27.0. The number of hydrogen-bond acceptors (Lipinski definition) is 13. The summed E-state index contributed by atoms with van der Waals surface area (Å²) in [6.07, 6.45) is 12.4. The second kappa shape index (κ2) is 16.2. The number of anilines is 2. The van der Waals surface area contributed by atoms with Gasteiger partial charge in [0.2, 0.25) is 5.95 Å². The van der Waals surface area contributed by atoms with Gasteiger partial charge in [-0.2, -0.15) is 5.26 Å². The largest absolute Gasteiger partial charge is 0.487 e. The normalized spacial score (nSPS) is 21.9. The molecule has 1 saturated carbocycles. The Bertz CT molecular complexity index is 1660. The molecule has 3 aromatic heterocycles. The number of nitrogens with zero attached hydrogens (tertiary/aromatic N) is 10. The number of benzene rings is 1. The second-order valence-electron chi connectivity index (χ2n) is 12.9. The van der Waals surface area contributed by atoms with Crippen molar-refractivity contribution in [3.8, 4) is 28.8 Å². The summed E-state index contributed by atoms with van der Waals surface area (Å²) in [6.45, 7) is 9.75. The fourth-order valence-electron chi connectivity index (χ4n) is 6.67. The van der Waals surface area contributed by atoms with Crippen molar-refractivity contribution in [3.05, 3.63) is 48.7 Å². The molecule has 1 unspecified atom stereocenters. The van der Waals surface area contributed by atoms with Crippen molar-refractivity contribution in [1.82, 2.24) is 44.9 Å². The summed E-state index contributed by atoms with van der Waals surface area (Å²) in [7, 11) is 1.68. The molecule has 0 amide bonds. The van der Waals surface area contributed by atoms with Crippen molar-refractivity contribution < 1.29 is 18.9 Å². The second-order valence-corrected chi connectivity index (χ2v) is 12.9. The van der Waals surface area contributed by atoms with E-state index in [9.17, 15) is 5.26 Å². The van der Waals surface area contributed by atoms with Gasteiger partial charge in [-0.15, -0.1) is 10.2 Å². The highest BCUT2D eigenvalue weighted by Crippen LogP contribution is 2.35. The summed E-state index contributed by atoms with van der Waals surface area (Å²) in [6, 6.07) is 8.48. The van der Waals surface area contributed by atoms with Gasteiger partial charge in [0.15, 0.2) is 0 Å². The van der Waals surface area contributed by atoms with E-state index in [-0.39, 0.29) is 24.4 Å². The molecule has 1 aromatic carbocycles. The number of rotatable bonds is 14. The highest BCUT2D eigenvalue weighted by atomic mass is 16.5. The monoisotopic (exact) mass is 671 g/mol. The molecule has 4 heterocycles. The average Bonchev–Trinajstić information content (AvgIpc) is 3.76. The van der Waals surface area contributed by atoms with Crippen LogP contribution in [-0.4, -0.2) is 103 Å². The molecule has 15 nitrogen and oxygen atoms in total. The van der Waals surface area contributed by atoms with E-state index in [0.29, 0.717) is 54.6 Å². The van der Waals surface area contributed by atoms with E-state index in [1.165, 1.54) is 6.33 Å². The third-order valence-corrected chi connectivity index (χ3v) is 8.93. The molecule has 49 heavy (non-hydrogen) atoms. The van der Waals surface area contributed by atoms with Gasteiger partial charge in [-0.3, -0.25) is 9.58 Å². The summed E-state index contributed by atoms with van der Waals surface area (Å²) in [5.41, 5.74) is 2.75. The van der Waals surface area contributed by atoms with Crippen molar-refractivity contribution in [2.24, 2.45) is 0 Å². The van der Waals surface area contributed by atoms with Crippen molar-refractivity contribution in [2.75, 3.05) is 38.7 Å². The molecule has 1 aliphatic carbocycles. The smallest absolute Gasteiger partial charge is 0.256 e. The lowest BCUT2D eigenvalue weighted by atomic mass is 9.89. The van der Waals surface area contributed by atoms with Crippen LogP contribution in [0.25, 0.3) is 11.1 Å². The van der Waals surface area contributed by atoms with Crippen LogP contribution >= 0.6 is 0 Å². The first-order valence-electron chi connectivity index (χ1n) is 17.0. The summed E-state index contributed by atoms with van der Waals surface area (Å²) in [5, 5.41) is 29.1. The van der Waals surface area contributed by atoms with Crippen molar-refractivity contribution in [2.45, 2.75) is 89.8 Å². The fraction of sp³-hybridized carbons (Fsp3) is 0.559. The maximum absolute atomic E-state index is 9.67. The molecule has 2 fully saturated rings. The first-order chi connectivity index (χ1) is 23.9. The van der Waals surface area contributed by atoms with Gasteiger partial charge in [-0.25, -0.2) is 14.6 Å². The molecule has 15 heteroatoms. The Hall–Kier alpha value is -4.65. The molecular formula is C34H45N11O4. The molecule has 1 N–H and O–H groups in total. The number of nitriles is 1. The predicted octanol–water partition coefficient (Wildman–Crippen LogP) is 4.42. The van der Waals surface area contributed by atoms with Crippen molar-refractivity contribution in [1.29, 1.82) is 5.26 Å². The van der Waals surface area contributed by atoms with E-state index in [0.717, 1.165) is 56.3 Å². The third kappa shape index (κ3) is 8.88. The van der Waals surface area contributed by atoms with E-state index in [4.69, 9.17) is 24.0 Å². The number of tetrazole rings is 1. The topological polar surface area (TPSA) is 163 Å². The van der Waals surface area contributed by atoms with Crippen molar-refractivity contribution >= 4 is 11.6 Å². The highest BCUT2D eigenvalue weighted by molar-refractivity contribution is 5.67. The maximum atomic E-state index is 9.67. The lowest BCUT2D eigenvalue weighted by Crippen LogP contribution is -2.51. The van der Waals surface area contributed by atoms with Crippen LogP contribution in [0, 0.1) is 11.3 Å². The van der Waals surface area contributed by atoms with Crippen LogP contribution in [-0.2, 0) is 16.0 Å². The number of aromatic nitrogens is 8. The molecule has 2 aliphatic rings. The first-order valence-corrected chi connectivity index (χ1v) is 17.0. The Balaban J connectivity index is 1.13. The van der Waals surface area contributed by atoms with Gasteiger partial charge < -0.3 is 24.3 Å². The molecule has 0 spiro atoms. The van der Waals surface area contributed by atoms with Gasteiger partial charge in [0.05, 0.1) is 43.2 Å². The average molecular weight is 672 g/mol. The number of morpholine rings is 1. The van der Waals surface area contributed by atoms with Crippen LogP contribution < -0.4 is 14.8 Å². The van der Waals surface area contributed by atoms with Crippen LogP contribution in [0.2, 0.25) is 0 Å². The minimum Gasteiger partial charge on any atom is -0.487 e. The minimum absolute atomic E-state index is 0.270. The van der Waals surface area contributed by atoms with Gasteiger partial charge in [-0.1, -0.05) is 6.07 Å². The number of hydrogen-bond donors (Lipinski definition) is 1. The van der Waals surface area contributed by atoms with E-state index < -0.39 is 0 Å². The van der Waals surface area contributed by atoms with Crippen LogP contribution in [0.4, 0.5) is 11.6 Å². The zero-order valence-corrected chi connectivity index (χ0v) is 28.6. The summed E-state index contributed by atoms with van der Waals surface area (Å²) in [4.78, 5) is 11.8. The molecule has 0 radical (unpaired) electrons. The quantitative estimate of drug-likeness (QED) is 0.188. The van der Waals surface area contributed by atoms with Crippen LogP contribution in [0.15, 0.2) is 43.1 Å². The lowest BCUT2D eigenvalue weighted by molar-refractivity contribution is -0.0852. The van der Waals surface area contributed by atoms with E-state index in [1.807, 2.05) is 29.9 Å². The minimum atomic E-state index is -0.270. The summed E-state index contributed by atoms with van der Waals surface area (Å²) >= 11 is 0. The van der Waals surface area contributed by atoms with Gasteiger partial charge in [0.25, 0.3) is 5.88 Å². The number of ether oxygens (including phenoxy) is 4. The van der Waals surface area contributed by atoms with Crippen molar-refractivity contribution in [3.63, 3.8) is 0 Å². The Labute approximate surface area is 286 Å². The molecule has 1 saturated heterocycles. The molecule has 4 aromatic rings. The first kappa shape index (κ1) is 34.2. The Morgan fingerprint density at radius 2 is 1.80 bits per heavy atom. The Kier molecular flexibility index (Phi) is 11.3. The fourth-order valence-corrected chi connectivity index (χ4v) is 6.67. The van der Waals surface area contributed by atoms with E-state index >= 15 is 0 Å². The Morgan fingerprint density at radius 1 is 1.04 bits per heavy atom. The molecule has 3 atom stereocenters. The molecule has 1 aliphatic heterocycles. The highest BCUT2D eigenvalue weighted by Gasteiger charge is 2.32. The standard InChI is InChI=1S/C34H45N11O4/c1-23-18-43(19-24(2)48-23)29-8-10-30(11-9-29)45-21-31(33(40-45)47-13-5-12-46-4)39-34-36-16-28(17-37-34)26-6-7-27(15-35)32(14-26)49-25(3)20-44-22-38-41-42-44/h6-7,14,16-17,21-25,29-30H,5,8-13,18-20H2,1-4H3,(H,36,37,39)/t23-,24+,25?,29?,30?. The van der Waals surface area contributed by atoms with Gasteiger partial charge in [0.1, 0.15) is 29.9 Å². The van der Waals surface area contributed by atoms with E-state index in [1.54, 1.807) is 30.3 Å².